The van der Waals surface area contributed by atoms with Gasteiger partial charge >= 0.3 is 26.2 Å². The van der Waals surface area contributed by atoms with Gasteiger partial charge in [-0.3, -0.25) is 0 Å². The molecular weight excluding hydrogens is 546 g/mol. The number of hydrogen-bond acceptors (Lipinski definition) is 0. The van der Waals surface area contributed by atoms with E-state index in [1.165, 1.54) is 47.9 Å². The normalized spacial score (nSPS) is 24.2. The van der Waals surface area contributed by atoms with Crippen LogP contribution < -0.4 is 24.8 Å². The second-order valence-corrected chi connectivity index (χ2v) is 12.9. The summed E-state index contributed by atoms with van der Waals surface area (Å²) >= 11 is 0. The van der Waals surface area contributed by atoms with E-state index >= 15 is 0 Å². The fourth-order valence-corrected chi connectivity index (χ4v) is 7.36. The van der Waals surface area contributed by atoms with Gasteiger partial charge in [0.25, 0.3) is 0 Å². The van der Waals surface area contributed by atoms with Crippen LogP contribution in [-0.2, 0) is 37.0 Å². The second-order valence-electron chi connectivity index (χ2n) is 12.9. The van der Waals surface area contributed by atoms with E-state index in [0.717, 1.165) is 11.8 Å². The molecule has 0 saturated heterocycles. The first-order chi connectivity index (χ1) is 15.1. The Morgan fingerprint density at radius 1 is 0.743 bits per heavy atom. The SMILES string of the molecule is CC(C)(C)c1ccc2c(c1)C(C1C3=C(CC=C3)C3CCCC31)c1cc(C(C)(C)C)ccc1-2.[Cl-].[Cl-].[Zr+2]. The van der Waals surface area contributed by atoms with Crippen molar-refractivity contribution >= 4 is 0 Å². The van der Waals surface area contributed by atoms with E-state index in [0.29, 0.717) is 11.8 Å². The summed E-state index contributed by atoms with van der Waals surface area (Å²) in [6, 6.07) is 14.8. The van der Waals surface area contributed by atoms with Crippen LogP contribution in [-0.4, -0.2) is 0 Å². The molecule has 0 amide bonds. The number of halogens is 2. The molecule has 2 aromatic carbocycles. The Kier molecular flexibility index (Phi) is 8.21. The molecule has 35 heavy (non-hydrogen) atoms. The molecule has 0 aliphatic heterocycles. The molecule has 3 heteroatoms. The van der Waals surface area contributed by atoms with Crippen molar-refractivity contribution in [2.24, 2.45) is 17.8 Å². The van der Waals surface area contributed by atoms with Gasteiger partial charge in [-0.2, -0.15) is 0 Å². The molecule has 4 aliphatic rings. The summed E-state index contributed by atoms with van der Waals surface area (Å²) in [4.78, 5) is 0. The number of fused-ring (bicyclic) bond motifs is 5. The van der Waals surface area contributed by atoms with Crippen molar-refractivity contribution in [2.75, 3.05) is 0 Å². The Hall–Kier alpha value is -0.617. The van der Waals surface area contributed by atoms with Crippen LogP contribution >= 0.6 is 0 Å². The van der Waals surface area contributed by atoms with Gasteiger partial charge < -0.3 is 24.8 Å². The van der Waals surface area contributed by atoms with Crippen molar-refractivity contribution in [3.05, 3.63) is 82.0 Å². The summed E-state index contributed by atoms with van der Waals surface area (Å²) < 4.78 is 0. The van der Waals surface area contributed by atoms with Crippen LogP contribution in [0.5, 0.6) is 0 Å². The average Bonchev–Trinajstić information content (AvgIpc) is 3.47. The zero-order valence-electron chi connectivity index (χ0n) is 22.0. The zero-order chi connectivity index (χ0) is 22.4. The first-order valence-corrected chi connectivity index (χ1v) is 12.8. The van der Waals surface area contributed by atoms with E-state index in [9.17, 15) is 0 Å². The molecule has 6 rings (SSSR count). The molecule has 2 aromatic rings. The van der Waals surface area contributed by atoms with Gasteiger partial charge in [-0.1, -0.05) is 102 Å². The number of hydrogen-bond donors (Lipinski definition) is 0. The van der Waals surface area contributed by atoms with Crippen molar-refractivity contribution in [1.82, 2.24) is 0 Å². The van der Waals surface area contributed by atoms with Crippen LogP contribution in [0.1, 0.15) is 95.4 Å². The molecule has 1 fully saturated rings. The minimum Gasteiger partial charge on any atom is -1.00 e. The summed E-state index contributed by atoms with van der Waals surface area (Å²) in [5.41, 5.74) is 13.0. The molecule has 0 spiro atoms. The topological polar surface area (TPSA) is 0 Å². The van der Waals surface area contributed by atoms with Gasteiger partial charge in [0, 0.05) is 5.92 Å². The van der Waals surface area contributed by atoms with Crippen LogP contribution in [0.4, 0.5) is 0 Å². The predicted octanol–water partition coefficient (Wildman–Crippen LogP) is 2.70. The maximum Gasteiger partial charge on any atom is 2.00 e. The van der Waals surface area contributed by atoms with Crippen molar-refractivity contribution in [1.29, 1.82) is 0 Å². The molecule has 0 N–H and O–H groups in total. The van der Waals surface area contributed by atoms with Crippen LogP contribution in [0.15, 0.2) is 59.7 Å². The van der Waals surface area contributed by atoms with E-state index in [1.54, 1.807) is 22.3 Å². The van der Waals surface area contributed by atoms with E-state index in [1.807, 2.05) is 0 Å². The van der Waals surface area contributed by atoms with Crippen molar-refractivity contribution in [2.45, 2.75) is 84.0 Å². The van der Waals surface area contributed by atoms with E-state index in [4.69, 9.17) is 0 Å². The van der Waals surface area contributed by atoms with Crippen LogP contribution in [0.3, 0.4) is 0 Å². The second kappa shape index (κ2) is 9.93. The zero-order valence-corrected chi connectivity index (χ0v) is 26.0. The fraction of sp³-hybridized carbons (Fsp3) is 0.500. The largest absolute Gasteiger partial charge is 2.00 e. The number of rotatable bonds is 1. The minimum atomic E-state index is 0. The maximum atomic E-state index is 2.58. The third-order valence-electron chi connectivity index (χ3n) is 9.00. The molecule has 0 aromatic heterocycles. The van der Waals surface area contributed by atoms with Crippen molar-refractivity contribution in [3.63, 3.8) is 0 Å². The molecule has 0 bridgehead atoms. The number of allylic oxidation sites excluding steroid dienone is 4. The molecule has 0 heterocycles. The Morgan fingerprint density at radius 3 is 1.80 bits per heavy atom. The van der Waals surface area contributed by atoms with Gasteiger partial charge in [0.1, 0.15) is 0 Å². The summed E-state index contributed by atoms with van der Waals surface area (Å²) in [5.74, 6) is 2.84. The van der Waals surface area contributed by atoms with Gasteiger partial charge in [0.15, 0.2) is 0 Å². The average molecular weight is 585 g/mol. The first-order valence-electron chi connectivity index (χ1n) is 12.8. The molecule has 0 nitrogen and oxygen atoms in total. The Morgan fingerprint density at radius 2 is 1.29 bits per heavy atom. The Balaban J connectivity index is 0.00000114. The van der Waals surface area contributed by atoms with Crippen molar-refractivity contribution < 1.29 is 51.0 Å². The Labute approximate surface area is 244 Å². The molecule has 4 aliphatic carbocycles. The maximum absolute atomic E-state index is 2.58. The quantitative estimate of drug-likeness (QED) is 0.484. The van der Waals surface area contributed by atoms with Gasteiger partial charge in [-0.15, -0.1) is 0 Å². The van der Waals surface area contributed by atoms with Crippen molar-refractivity contribution in [3.8, 4) is 11.1 Å². The third kappa shape index (κ3) is 4.51. The van der Waals surface area contributed by atoms with Gasteiger partial charge in [0.05, 0.1) is 0 Å². The molecule has 0 radical (unpaired) electrons. The monoisotopic (exact) mass is 582 g/mol. The van der Waals surface area contributed by atoms with E-state index in [-0.39, 0.29) is 61.8 Å². The van der Waals surface area contributed by atoms with Gasteiger partial charge in [-0.05, 0) is 86.8 Å². The summed E-state index contributed by atoms with van der Waals surface area (Å²) in [5, 5.41) is 0. The fourth-order valence-electron chi connectivity index (χ4n) is 7.36. The van der Waals surface area contributed by atoms with Crippen LogP contribution in [0.2, 0.25) is 0 Å². The molecule has 3 unspecified atom stereocenters. The minimum absolute atomic E-state index is 0. The molecule has 1 saturated carbocycles. The summed E-state index contributed by atoms with van der Waals surface area (Å²) in [6.07, 6.45) is 10.4. The van der Waals surface area contributed by atoms with Gasteiger partial charge in [0.2, 0.25) is 0 Å². The van der Waals surface area contributed by atoms with E-state index < -0.39 is 0 Å². The third-order valence-corrected chi connectivity index (χ3v) is 9.00. The molecular formula is C32H38Cl2Zr. The van der Waals surface area contributed by atoms with E-state index in [2.05, 4.69) is 90.1 Å². The smallest absolute Gasteiger partial charge is 1.00 e. The van der Waals surface area contributed by atoms with Crippen LogP contribution in [0, 0.1) is 17.8 Å². The number of benzene rings is 2. The standard InChI is InChI=1S/C32H38.2ClH.Zr/c1-31(2,3)19-13-15-23-24-16-14-20(32(4,5)6)18-28(24)30(27(23)17-19)29-25-11-7-9-21(25)22-10-8-12-26(22)29;;;/h7,11,13-18,22,26,29-30H,8-10,12H2,1-6H3;2*1H;/q;;;+2/p-2. The molecule has 3 atom stereocenters. The van der Waals surface area contributed by atoms with Crippen LogP contribution in [0.25, 0.3) is 11.1 Å². The summed E-state index contributed by atoms with van der Waals surface area (Å²) in [6.45, 7) is 14.1. The Bertz CT molecular complexity index is 1110. The predicted molar refractivity (Wildman–Crippen MR) is 136 cm³/mol. The van der Waals surface area contributed by atoms with Gasteiger partial charge in [-0.25, -0.2) is 0 Å². The first kappa shape index (κ1) is 28.9. The summed E-state index contributed by atoms with van der Waals surface area (Å²) in [7, 11) is 0. The molecule has 184 valence electrons.